The third-order valence-electron chi connectivity index (χ3n) is 3.42. The lowest BCUT2D eigenvalue weighted by Gasteiger charge is -2.26. The van der Waals surface area contributed by atoms with Crippen molar-refractivity contribution >= 4 is 27.6 Å². The Morgan fingerprint density at radius 1 is 1.45 bits per heavy atom. The Labute approximate surface area is 123 Å². The lowest BCUT2D eigenvalue weighted by atomic mass is 9.83. The maximum Gasteiger partial charge on any atom is 0.310 e. The van der Waals surface area contributed by atoms with E-state index < -0.39 is 21.4 Å². The highest BCUT2D eigenvalue weighted by atomic mass is 35.5. The second-order valence-corrected chi connectivity index (χ2v) is 6.50. The summed E-state index contributed by atoms with van der Waals surface area (Å²) in [5, 5.41) is 9.13. The fraction of sp³-hybridized carbons (Fsp3) is 0.500. The smallest absolute Gasteiger partial charge is 0.310 e. The molecule has 0 atom stereocenters. The molecule has 0 unspecified atom stereocenters. The molecule has 1 aromatic rings. The van der Waals surface area contributed by atoms with Crippen LogP contribution in [0.5, 0.6) is 0 Å². The molecular weight excluding hydrogens is 304 g/mol. The summed E-state index contributed by atoms with van der Waals surface area (Å²) in [6.07, 6.45) is 2.02. The predicted molar refractivity (Wildman–Crippen MR) is 75.1 cm³/mol. The van der Waals surface area contributed by atoms with Crippen molar-refractivity contribution in [2.75, 3.05) is 6.54 Å². The zero-order chi connectivity index (χ0) is 15.4. The fourth-order valence-corrected chi connectivity index (χ4v) is 3.34. The second-order valence-electron chi connectivity index (χ2n) is 4.41. The van der Waals surface area contributed by atoms with Crippen LogP contribution in [0.1, 0.15) is 26.7 Å². The van der Waals surface area contributed by atoms with Gasteiger partial charge < -0.3 is 5.11 Å². The number of carboxylic acids is 1. The van der Waals surface area contributed by atoms with Crippen molar-refractivity contribution in [3.05, 3.63) is 23.5 Å². The Balaban J connectivity index is 2.99. The minimum atomic E-state index is -3.89. The first-order valence-electron chi connectivity index (χ1n) is 6.12. The van der Waals surface area contributed by atoms with Gasteiger partial charge in [-0.2, -0.15) is 0 Å². The number of carbonyl (C=O) groups is 1. The number of aliphatic carboxylic acids is 1. The number of hydrogen-bond donors (Lipinski definition) is 2. The van der Waals surface area contributed by atoms with Crippen LogP contribution in [0.25, 0.3) is 0 Å². The molecule has 0 aliphatic rings. The summed E-state index contributed by atoms with van der Waals surface area (Å²) >= 11 is 5.74. The van der Waals surface area contributed by atoms with E-state index in [9.17, 15) is 18.3 Å². The van der Waals surface area contributed by atoms with Gasteiger partial charge in [0.05, 0.1) is 5.41 Å². The van der Waals surface area contributed by atoms with Gasteiger partial charge in [-0.15, -0.1) is 0 Å². The monoisotopic (exact) mass is 320 g/mol. The Bertz CT molecular complexity index is 585. The van der Waals surface area contributed by atoms with E-state index in [2.05, 4.69) is 9.71 Å². The van der Waals surface area contributed by atoms with E-state index in [1.165, 1.54) is 18.3 Å². The molecule has 0 saturated carbocycles. The molecule has 0 aromatic carbocycles. The average Bonchev–Trinajstić information content (AvgIpc) is 2.40. The topological polar surface area (TPSA) is 96.4 Å². The normalized spacial score (nSPS) is 12.3. The molecule has 1 rings (SSSR count). The van der Waals surface area contributed by atoms with Crippen molar-refractivity contribution in [1.29, 1.82) is 0 Å². The summed E-state index contributed by atoms with van der Waals surface area (Å²) in [4.78, 5) is 14.9. The highest BCUT2D eigenvalue weighted by Gasteiger charge is 2.36. The summed E-state index contributed by atoms with van der Waals surface area (Å²) in [5.41, 5.74) is -1.12. The molecule has 0 spiro atoms. The molecule has 0 amide bonds. The van der Waals surface area contributed by atoms with Crippen molar-refractivity contribution in [2.45, 2.75) is 31.6 Å². The van der Waals surface area contributed by atoms with E-state index in [1.807, 2.05) is 0 Å². The Morgan fingerprint density at radius 2 is 2.05 bits per heavy atom. The molecule has 20 heavy (non-hydrogen) atoms. The van der Waals surface area contributed by atoms with Gasteiger partial charge in [0.1, 0.15) is 10.0 Å². The molecule has 1 heterocycles. The molecule has 0 radical (unpaired) electrons. The van der Waals surface area contributed by atoms with E-state index in [-0.39, 0.29) is 16.6 Å². The third kappa shape index (κ3) is 3.47. The van der Waals surface area contributed by atoms with Crippen LogP contribution in [0.2, 0.25) is 5.15 Å². The third-order valence-corrected chi connectivity index (χ3v) is 5.27. The summed E-state index contributed by atoms with van der Waals surface area (Å²) in [6, 6.07) is 2.77. The molecule has 0 aliphatic heterocycles. The number of nitrogens with one attached hydrogen (secondary N) is 1. The zero-order valence-electron chi connectivity index (χ0n) is 11.3. The number of hydrogen-bond acceptors (Lipinski definition) is 4. The summed E-state index contributed by atoms with van der Waals surface area (Å²) in [7, 11) is -3.89. The maximum atomic E-state index is 12.1. The molecule has 112 valence electrons. The average molecular weight is 321 g/mol. The second kappa shape index (κ2) is 6.51. The number of nitrogens with zero attached hydrogens (tertiary/aromatic N) is 1. The Morgan fingerprint density at radius 3 is 2.50 bits per heavy atom. The van der Waals surface area contributed by atoms with Crippen LogP contribution in [0, 0.1) is 5.41 Å². The van der Waals surface area contributed by atoms with Crippen LogP contribution >= 0.6 is 11.6 Å². The number of pyridine rings is 1. The van der Waals surface area contributed by atoms with Crippen LogP contribution in [0.15, 0.2) is 23.2 Å². The molecule has 0 bridgehead atoms. The van der Waals surface area contributed by atoms with Gasteiger partial charge in [-0.1, -0.05) is 25.4 Å². The summed E-state index contributed by atoms with van der Waals surface area (Å²) in [5.74, 6) is -1.03. The van der Waals surface area contributed by atoms with Gasteiger partial charge in [0, 0.05) is 12.7 Å². The van der Waals surface area contributed by atoms with E-state index in [0.29, 0.717) is 12.8 Å². The quantitative estimate of drug-likeness (QED) is 0.748. The van der Waals surface area contributed by atoms with Gasteiger partial charge >= 0.3 is 5.97 Å². The molecule has 0 saturated heterocycles. The van der Waals surface area contributed by atoms with Gasteiger partial charge in [-0.05, 0) is 25.0 Å². The summed E-state index contributed by atoms with van der Waals surface area (Å²) < 4.78 is 26.6. The molecule has 0 aliphatic carbocycles. The minimum Gasteiger partial charge on any atom is -0.481 e. The van der Waals surface area contributed by atoms with Crippen LogP contribution in [-0.2, 0) is 14.8 Å². The van der Waals surface area contributed by atoms with Crippen molar-refractivity contribution < 1.29 is 18.3 Å². The fourth-order valence-electron chi connectivity index (χ4n) is 1.76. The van der Waals surface area contributed by atoms with Crippen molar-refractivity contribution in [2.24, 2.45) is 5.41 Å². The lowest BCUT2D eigenvalue weighted by molar-refractivity contribution is -0.149. The maximum absolute atomic E-state index is 12.1. The van der Waals surface area contributed by atoms with Crippen molar-refractivity contribution in [3.8, 4) is 0 Å². The Hall–Kier alpha value is -1.18. The van der Waals surface area contributed by atoms with Gasteiger partial charge in [0.25, 0.3) is 0 Å². The van der Waals surface area contributed by atoms with Crippen LogP contribution in [0.3, 0.4) is 0 Å². The SMILES string of the molecule is CCC(CC)(CNS(=O)(=O)c1cccnc1Cl)C(=O)O. The molecule has 2 N–H and O–H groups in total. The Kier molecular flexibility index (Phi) is 5.50. The van der Waals surface area contributed by atoms with Crippen LogP contribution in [0.4, 0.5) is 0 Å². The van der Waals surface area contributed by atoms with Gasteiger partial charge in [0.15, 0.2) is 0 Å². The number of sulfonamides is 1. The lowest BCUT2D eigenvalue weighted by Crippen LogP contribution is -2.42. The van der Waals surface area contributed by atoms with E-state index in [1.54, 1.807) is 13.8 Å². The number of aromatic nitrogens is 1. The van der Waals surface area contributed by atoms with E-state index in [0.717, 1.165) is 0 Å². The van der Waals surface area contributed by atoms with Gasteiger partial charge in [-0.3, -0.25) is 4.79 Å². The standard InChI is InChI=1S/C12H17ClN2O4S/c1-3-12(4-2,11(16)17)8-15-20(18,19)9-6-5-7-14-10(9)13/h5-7,15H,3-4,8H2,1-2H3,(H,16,17). The molecular formula is C12H17ClN2O4S. The molecule has 6 nitrogen and oxygen atoms in total. The van der Waals surface area contributed by atoms with Gasteiger partial charge in [0.2, 0.25) is 10.0 Å². The first kappa shape index (κ1) is 16.9. The van der Waals surface area contributed by atoms with Crippen molar-refractivity contribution in [3.63, 3.8) is 0 Å². The zero-order valence-corrected chi connectivity index (χ0v) is 12.8. The van der Waals surface area contributed by atoms with Crippen LogP contribution < -0.4 is 4.72 Å². The largest absolute Gasteiger partial charge is 0.481 e. The summed E-state index contributed by atoms with van der Waals surface area (Å²) in [6.45, 7) is 3.23. The van der Waals surface area contributed by atoms with Gasteiger partial charge in [-0.25, -0.2) is 18.1 Å². The predicted octanol–water partition coefficient (Wildman–Crippen LogP) is 1.90. The number of carboxylic acid groups (broad SMARTS) is 1. The first-order valence-corrected chi connectivity index (χ1v) is 7.98. The number of halogens is 1. The highest BCUT2D eigenvalue weighted by molar-refractivity contribution is 7.89. The van der Waals surface area contributed by atoms with E-state index in [4.69, 9.17) is 11.6 Å². The minimum absolute atomic E-state index is 0.145. The molecule has 1 aromatic heterocycles. The highest BCUT2D eigenvalue weighted by Crippen LogP contribution is 2.27. The van der Waals surface area contributed by atoms with Crippen molar-refractivity contribution in [1.82, 2.24) is 9.71 Å². The molecule has 8 heteroatoms. The number of rotatable bonds is 7. The van der Waals surface area contributed by atoms with E-state index >= 15 is 0 Å². The first-order chi connectivity index (χ1) is 9.29. The molecule has 0 fully saturated rings. The van der Waals surface area contributed by atoms with Crippen LogP contribution in [-0.4, -0.2) is 31.0 Å².